The molecule has 0 radical (unpaired) electrons. The summed E-state index contributed by atoms with van der Waals surface area (Å²) in [5.41, 5.74) is -5.13. The summed E-state index contributed by atoms with van der Waals surface area (Å²) >= 11 is 0. The maximum Gasteiger partial charge on any atom is 0.426 e. The summed E-state index contributed by atoms with van der Waals surface area (Å²) in [4.78, 5) is 15.3. The normalized spacial score (nSPS) is 20.5. The predicted molar refractivity (Wildman–Crippen MR) is 129 cm³/mol. The number of carbonyl (C=O) groups is 1. The van der Waals surface area contributed by atoms with E-state index >= 15 is 0 Å². The van der Waals surface area contributed by atoms with Crippen LogP contribution in [0.4, 0.5) is 32.0 Å². The molecule has 2 aromatic heterocycles. The molecule has 1 aliphatic rings. The number of ether oxygens (including phenoxy) is 2. The molecule has 8 nitrogen and oxygen atoms in total. The minimum Gasteiger partial charge on any atom is -0.416 e. The molecule has 0 spiro atoms. The minimum absolute atomic E-state index is 0.0545. The Morgan fingerprint density at radius 3 is 2.45 bits per heavy atom. The molecule has 14 heteroatoms. The molecule has 0 fully saturated rings. The Morgan fingerprint density at radius 2 is 1.80 bits per heavy atom. The number of hydrogen-bond acceptors (Lipinski definition) is 7. The maximum absolute atomic E-state index is 14.8. The Balaban J connectivity index is 1.90. The number of halogens is 6. The van der Waals surface area contributed by atoms with E-state index in [0.717, 1.165) is 0 Å². The minimum atomic E-state index is -4.99. The number of rotatable bonds is 6. The first-order chi connectivity index (χ1) is 19.0. The van der Waals surface area contributed by atoms with Crippen molar-refractivity contribution >= 4 is 12.1 Å². The van der Waals surface area contributed by atoms with Gasteiger partial charge in [0.2, 0.25) is 12.0 Å². The average molecular weight is 573 g/mol. The van der Waals surface area contributed by atoms with E-state index in [1.165, 1.54) is 7.11 Å². The molecule has 3 aromatic rings. The van der Waals surface area contributed by atoms with E-state index in [0.29, 0.717) is 30.9 Å². The van der Waals surface area contributed by atoms with Gasteiger partial charge in [-0.15, -0.1) is 10.2 Å². The van der Waals surface area contributed by atoms with Crippen molar-refractivity contribution in [3.05, 3.63) is 59.1 Å². The van der Waals surface area contributed by atoms with Crippen molar-refractivity contribution in [1.29, 1.82) is 0 Å². The first-order valence-corrected chi connectivity index (χ1v) is 12.4. The highest BCUT2D eigenvalue weighted by atomic mass is 19.4. The van der Waals surface area contributed by atoms with Crippen molar-refractivity contribution in [2.24, 2.45) is 0 Å². The monoisotopic (exact) mass is 572 g/mol. The van der Waals surface area contributed by atoms with Crippen molar-refractivity contribution in [2.75, 3.05) is 12.4 Å². The van der Waals surface area contributed by atoms with Crippen molar-refractivity contribution in [1.82, 2.24) is 15.2 Å². The zero-order valence-electron chi connectivity index (χ0n) is 21.3. The van der Waals surface area contributed by atoms with Gasteiger partial charge in [0.25, 0.3) is 11.8 Å². The summed E-state index contributed by atoms with van der Waals surface area (Å²) in [6.45, 7) is -0.422. The first kappa shape index (κ1) is 29.5. The van der Waals surface area contributed by atoms with Crippen LogP contribution in [-0.2, 0) is 32.7 Å². The van der Waals surface area contributed by atoms with Crippen molar-refractivity contribution in [3.8, 4) is 11.6 Å². The van der Waals surface area contributed by atoms with Gasteiger partial charge in [-0.05, 0) is 30.9 Å². The second-order valence-electron chi connectivity index (χ2n) is 9.27. The summed E-state index contributed by atoms with van der Waals surface area (Å²) in [6.07, 6.45) is -10.1. The van der Waals surface area contributed by atoms with Gasteiger partial charge >= 0.3 is 12.4 Å². The summed E-state index contributed by atoms with van der Waals surface area (Å²) in [6, 6.07) is 8.84. The molecule has 0 saturated carbocycles. The fraction of sp³-hybridized carbons (Fsp3) is 0.462. The van der Waals surface area contributed by atoms with Gasteiger partial charge in [-0.2, -0.15) is 26.3 Å². The van der Waals surface area contributed by atoms with Gasteiger partial charge in [-0.1, -0.05) is 49.6 Å². The standard InChI is InChI=1S/C26H26F6N4O4/c1-38-19-11-7-2-3-8-12-24(26(30,31)32,39-14-16-9-5-4-6-10-16)23-36-35-22(40-23)21-18(33-15-37)13-17(20(19)34-21)25(27,28)29/h4-6,9-10,13,15,19H,2-3,7-8,11-12,14H2,1H3,(H,33,37). The molecule has 1 aromatic carbocycles. The highest BCUT2D eigenvalue weighted by Crippen LogP contribution is 2.48. The summed E-state index contributed by atoms with van der Waals surface area (Å²) < 4.78 is 103. The molecule has 4 rings (SSSR count). The molecule has 40 heavy (non-hydrogen) atoms. The lowest BCUT2D eigenvalue weighted by atomic mass is 9.93. The number of hydrogen-bond donors (Lipinski definition) is 1. The Bertz CT molecular complexity index is 1300. The van der Waals surface area contributed by atoms with Crippen LogP contribution in [0.2, 0.25) is 0 Å². The number of aromatic nitrogens is 3. The van der Waals surface area contributed by atoms with E-state index in [1.54, 1.807) is 30.3 Å². The molecular formula is C26H26F6N4O4. The number of methoxy groups -OCH3 is 1. The molecule has 2 unspecified atom stereocenters. The van der Waals surface area contributed by atoms with E-state index in [-0.39, 0.29) is 19.3 Å². The average Bonchev–Trinajstić information content (AvgIpc) is 3.39. The molecular weight excluding hydrogens is 546 g/mol. The number of amides is 1. The smallest absolute Gasteiger partial charge is 0.416 e. The number of nitrogens with one attached hydrogen (secondary N) is 1. The van der Waals surface area contributed by atoms with Crippen LogP contribution in [0.3, 0.4) is 0 Å². The van der Waals surface area contributed by atoms with Gasteiger partial charge in [0.15, 0.2) is 5.69 Å². The summed E-state index contributed by atoms with van der Waals surface area (Å²) in [7, 11) is 1.24. The third-order valence-corrected chi connectivity index (χ3v) is 6.67. The molecule has 0 aliphatic carbocycles. The van der Waals surface area contributed by atoms with Crippen LogP contribution < -0.4 is 5.32 Å². The quantitative estimate of drug-likeness (QED) is 0.258. The Labute approximate surface area is 225 Å². The lowest BCUT2D eigenvalue weighted by Gasteiger charge is -2.32. The lowest BCUT2D eigenvalue weighted by molar-refractivity contribution is -0.300. The van der Waals surface area contributed by atoms with Gasteiger partial charge < -0.3 is 19.2 Å². The SMILES string of the molecule is COC1CCCCCCC(OCc2ccccc2)(C(F)(F)F)c2nnc(o2)-c2nc1c(C(F)(F)F)cc2NC=O. The predicted octanol–water partition coefficient (Wildman–Crippen LogP) is 6.73. The Morgan fingerprint density at radius 1 is 1.07 bits per heavy atom. The molecule has 4 bridgehead atoms. The van der Waals surface area contributed by atoms with E-state index in [1.807, 2.05) is 0 Å². The van der Waals surface area contributed by atoms with Crippen LogP contribution in [0.1, 0.15) is 67.3 Å². The number of pyridine rings is 1. The lowest BCUT2D eigenvalue weighted by Crippen LogP contribution is -2.45. The summed E-state index contributed by atoms with van der Waals surface area (Å²) in [5, 5.41) is 9.43. The molecule has 216 valence electrons. The number of carbonyl (C=O) groups excluding carboxylic acids is 1. The van der Waals surface area contributed by atoms with Gasteiger partial charge in [-0.3, -0.25) is 4.79 Å². The fourth-order valence-electron chi connectivity index (χ4n) is 4.61. The fourth-order valence-corrected chi connectivity index (χ4v) is 4.61. The second-order valence-corrected chi connectivity index (χ2v) is 9.27. The van der Waals surface area contributed by atoms with Crippen LogP contribution >= 0.6 is 0 Å². The zero-order valence-corrected chi connectivity index (χ0v) is 21.3. The second kappa shape index (κ2) is 11.9. The zero-order chi connectivity index (χ0) is 29.0. The van der Waals surface area contributed by atoms with Gasteiger partial charge in [0.05, 0.1) is 29.7 Å². The third-order valence-electron chi connectivity index (χ3n) is 6.67. The topological polar surface area (TPSA) is 99.4 Å². The van der Waals surface area contributed by atoms with Crippen molar-refractivity contribution < 1.29 is 45.0 Å². The Kier molecular flexibility index (Phi) is 8.78. The largest absolute Gasteiger partial charge is 0.426 e. The highest BCUT2D eigenvalue weighted by Gasteiger charge is 2.61. The molecule has 3 heterocycles. The molecule has 1 aliphatic heterocycles. The molecule has 1 amide bonds. The van der Waals surface area contributed by atoms with Crippen LogP contribution in [0, 0.1) is 0 Å². The van der Waals surface area contributed by atoms with E-state index < -0.39 is 71.5 Å². The summed E-state index contributed by atoms with van der Waals surface area (Å²) in [5.74, 6) is -1.55. The van der Waals surface area contributed by atoms with E-state index in [4.69, 9.17) is 13.9 Å². The highest BCUT2D eigenvalue weighted by molar-refractivity contribution is 5.81. The van der Waals surface area contributed by atoms with E-state index in [2.05, 4.69) is 20.5 Å². The maximum atomic E-state index is 14.8. The Hall–Kier alpha value is -3.52. The third kappa shape index (κ3) is 6.12. The van der Waals surface area contributed by atoms with Gasteiger partial charge in [-0.25, -0.2) is 4.98 Å². The van der Waals surface area contributed by atoms with E-state index in [9.17, 15) is 31.1 Å². The van der Waals surface area contributed by atoms with Crippen LogP contribution in [-0.4, -0.2) is 34.9 Å². The molecule has 2 atom stereocenters. The molecule has 1 N–H and O–H groups in total. The molecule has 0 saturated heterocycles. The van der Waals surface area contributed by atoms with Crippen molar-refractivity contribution in [2.45, 2.75) is 69.2 Å². The van der Waals surface area contributed by atoms with Crippen LogP contribution in [0.25, 0.3) is 11.6 Å². The number of alkyl halides is 6. The number of benzene rings is 1. The van der Waals surface area contributed by atoms with Crippen LogP contribution in [0.5, 0.6) is 0 Å². The van der Waals surface area contributed by atoms with Crippen LogP contribution in [0.15, 0.2) is 40.8 Å². The van der Waals surface area contributed by atoms with Gasteiger partial charge in [0.1, 0.15) is 0 Å². The first-order valence-electron chi connectivity index (χ1n) is 12.4. The number of fused-ring (bicyclic) bond motifs is 5. The van der Waals surface area contributed by atoms with Crippen molar-refractivity contribution in [3.63, 3.8) is 0 Å². The number of nitrogens with zero attached hydrogens (tertiary/aromatic N) is 3. The number of anilines is 1. The van der Waals surface area contributed by atoms with Gasteiger partial charge in [0, 0.05) is 7.11 Å².